The van der Waals surface area contributed by atoms with Gasteiger partial charge in [-0.15, -0.1) is 0 Å². The number of benzene rings is 13. The van der Waals surface area contributed by atoms with E-state index in [1.165, 1.54) is 50.1 Å². The third-order valence-corrected chi connectivity index (χ3v) is 19.1. The third kappa shape index (κ3) is 32.8. The number of ether oxygens (including phenoxy) is 4. The zero-order chi connectivity index (χ0) is 73.6. The van der Waals surface area contributed by atoms with Gasteiger partial charge < -0.3 is 18.9 Å². The second-order valence-electron chi connectivity index (χ2n) is 25.3. The van der Waals surface area contributed by atoms with Crippen molar-refractivity contribution in [1.29, 1.82) is 0 Å². The maximum absolute atomic E-state index is 12.3. The standard InChI is InChI=1S/2C14H14O2S.4C14H14O.C8H10.6CH4/c1-11-3-7-13(8-4-11)17(15,16)14-9-5-12(2)6-10-14;1-11-5-3-7-13(9-11)17(15,16)14-8-4-6-12(2)10-14;1-11-3-7-13(8-4-11)15-14-9-5-12(2)6-10-14;1-11-5-3-7-13(9-11)15-14-8-4-6-12(2)10-14;1-11-6-8-13(9-7-11)15-14-5-3-4-12(2)10-14;1-11-7-9-13(10-8-11)15-14-6-4-3-5-12(14)2;1-7-4-3-5-8(2)6-7;;;;;;/h2*3-10H,1-2H3;4*3-10H,1-2H3;3-6H,1-2H3;6*1H4. The maximum atomic E-state index is 12.3. The lowest BCUT2D eigenvalue weighted by Gasteiger charge is -2.08. The number of hydrogen-bond acceptors (Lipinski definition) is 8. The molecule has 13 aromatic carbocycles. The molecule has 0 saturated carbocycles. The van der Waals surface area contributed by atoms with Crippen LogP contribution in [0.1, 0.15) is 122 Å². The molecule has 0 spiro atoms. The highest BCUT2D eigenvalue weighted by Gasteiger charge is 2.18. The highest BCUT2D eigenvalue weighted by atomic mass is 32.2. The van der Waals surface area contributed by atoms with Crippen LogP contribution in [0.4, 0.5) is 0 Å². The average Bonchev–Trinajstić information content (AvgIpc) is 0.811. The van der Waals surface area contributed by atoms with Gasteiger partial charge >= 0.3 is 0 Å². The van der Waals surface area contributed by atoms with E-state index in [1.54, 1.807) is 84.9 Å². The zero-order valence-electron chi connectivity index (χ0n) is 61.1. The summed E-state index contributed by atoms with van der Waals surface area (Å²) in [5.74, 6) is 7.11. The van der Waals surface area contributed by atoms with Gasteiger partial charge in [0.1, 0.15) is 46.0 Å². The molecule has 13 aromatic rings. The molecule has 0 fully saturated rings. The van der Waals surface area contributed by atoms with E-state index in [0.29, 0.717) is 19.6 Å². The van der Waals surface area contributed by atoms with E-state index in [4.69, 9.17) is 18.9 Å². The molecule has 0 aliphatic rings. The van der Waals surface area contributed by atoms with Gasteiger partial charge in [-0.05, 0) is 270 Å². The Labute approximate surface area is 651 Å². The summed E-state index contributed by atoms with van der Waals surface area (Å²) in [5.41, 5.74) is 16.4. The van der Waals surface area contributed by atoms with Crippen molar-refractivity contribution in [2.24, 2.45) is 0 Å². The summed E-state index contributed by atoms with van der Waals surface area (Å²) in [5, 5.41) is 0. The Bertz CT molecular complexity index is 4750. The molecule has 0 unspecified atom stereocenters. The van der Waals surface area contributed by atoms with Crippen molar-refractivity contribution in [2.45, 2.75) is 161 Å². The smallest absolute Gasteiger partial charge is 0.206 e. The zero-order valence-corrected chi connectivity index (χ0v) is 62.7. The second-order valence-corrected chi connectivity index (χ2v) is 29.2. The van der Waals surface area contributed by atoms with E-state index in [2.05, 4.69) is 105 Å². The van der Waals surface area contributed by atoms with Crippen LogP contribution in [0.15, 0.2) is 335 Å². The van der Waals surface area contributed by atoms with E-state index in [9.17, 15) is 16.8 Å². The van der Waals surface area contributed by atoms with E-state index < -0.39 is 19.7 Å². The largest absolute Gasteiger partial charge is 0.457 e. The molecule has 0 saturated heterocycles. The molecule has 13 rings (SSSR count). The summed E-state index contributed by atoms with van der Waals surface area (Å²) in [6.07, 6.45) is 0. The van der Waals surface area contributed by atoms with Crippen molar-refractivity contribution in [3.63, 3.8) is 0 Å². The SMILES string of the molecule is C.C.C.C.C.C.Cc1ccc(Oc2ccc(C)cc2)cc1.Cc1ccc(Oc2cccc(C)c2)cc1.Cc1ccc(Oc2ccccc2C)cc1.Cc1ccc(S(=O)(=O)c2ccc(C)cc2)cc1.Cc1cccc(C)c1.Cc1cccc(Oc2cccc(C)c2)c1.Cc1cccc(S(=O)(=O)c2cccc(C)c2)c1. The van der Waals surface area contributed by atoms with Gasteiger partial charge in [0, 0.05) is 0 Å². The molecule has 8 nitrogen and oxygen atoms in total. The topological polar surface area (TPSA) is 105 Å². The fourth-order valence-corrected chi connectivity index (χ4v) is 12.5. The van der Waals surface area contributed by atoms with Gasteiger partial charge in [0.2, 0.25) is 19.7 Å². The molecule has 10 heteroatoms. The van der Waals surface area contributed by atoms with Crippen molar-refractivity contribution >= 4 is 19.7 Å². The van der Waals surface area contributed by atoms with Gasteiger partial charge in [-0.1, -0.05) is 265 Å². The fraction of sp³-hybridized carbons (Fsp3) is 0.204. The highest BCUT2D eigenvalue weighted by Crippen LogP contribution is 2.29. The summed E-state index contributed by atoms with van der Waals surface area (Å²) in [4.78, 5) is 1.38. The van der Waals surface area contributed by atoms with Crippen LogP contribution < -0.4 is 18.9 Å². The second kappa shape index (κ2) is 47.5. The van der Waals surface area contributed by atoms with Crippen LogP contribution in [0.3, 0.4) is 0 Å². The summed E-state index contributed by atoms with van der Waals surface area (Å²) >= 11 is 0. The van der Waals surface area contributed by atoms with E-state index in [-0.39, 0.29) is 44.6 Å². The number of sulfone groups is 2. The summed E-state index contributed by atoms with van der Waals surface area (Å²) in [6, 6.07) is 101. The first kappa shape index (κ1) is 95.0. The van der Waals surface area contributed by atoms with Crippen molar-refractivity contribution < 1.29 is 35.8 Å². The predicted molar refractivity (Wildman–Crippen MR) is 462 cm³/mol. The summed E-state index contributed by atoms with van der Waals surface area (Å²) in [7, 11) is -6.76. The normalized spacial score (nSPS) is 9.83. The van der Waals surface area contributed by atoms with E-state index in [0.717, 1.165) is 73.8 Å². The third-order valence-electron chi connectivity index (χ3n) is 15.5. The molecule has 0 aliphatic carbocycles. The first-order valence-electron chi connectivity index (χ1n) is 33.8. The Hall–Kier alpha value is -11.0. The van der Waals surface area contributed by atoms with Crippen LogP contribution in [0, 0.1) is 96.9 Å². The Morgan fingerprint density at radius 2 is 0.398 bits per heavy atom. The molecule has 0 aliphatic heterocycles. The van der Waals surface area contributed by atoms with Crippen molar-refractivity contribution in [3.8, 4) is 46.0 Å². The van der Waals surface area contributed by atoms with Gasteiger partial charge in [-0.25, -0.2) is 16.8 Å². The highest BCUT2D eigenvalue weighted by molar-refractivity contribution is 7.91. The summed E-state index contributed by atoms with van der Waals surface area (Å²) < 4.78 is 72.1. The Morgan fingerprint density at radius 1 is 0.176 bits per heavy atom. The van der Waals surface area contributed by atoms with Crippen LogP contribution in [0.25, 0.3) is 0 Å². The van der Waals surface area contributed by atoms with E-state index >= 15 is 0 Å². The molecule has 108 heavy (non-hydrogen) atoms. The molecule has 0 N–H and O–H groups in total. The Kier molecular flexibility index (Phi) is 41.8. The van der Waals surface area contributed by atoms with Crippen LogP contribution in [0.5, 0.6) is 46.0 Å². The quantitative estimate of drug-likeness (QED) is 0.119. The monoisotopic (exact) mass is 1490 g/mol. The average molecular weight is 1490 g/mol. The lowest BCUT2D eigenvalue weighted by atomic mass is 10.2. The molecule has 0 aromatic heterocycles. The lowest BCUT2D eigenvalue weighted by molar-refractivity contribution is 0.479. The minimum atomic E-state index is -3.38. The molecular weight excluding hydrogens is 1370 g/mol. The maximum Gasteiger partial charge on any atom is 0.206 e. The Balaban J connectivity index is 0.000000628. The van der Waals surface area contributed by atoms with Crippen LogP contribution in [-0.4, -0.2) is 16.8 Å². The minimum Gasteiger partial charge on any atom is -0.457 e. The minimum absolute atomic E-state index is 0. The molecule has 0 bridgehead atoms. The molecular formula is C98H118O8S2. The molecule has 0 heterocycles. The van der Waals surface area contributed by atoms with Crippen LogP contribution in [-0.2, 0) is 19.7 Å². The number of hydrogen-bond donors (Lipinski definition) is 0. The molecule has 0 amide bonds. The van der Waals surface area contributed by atoms with Gasteiger partial charge in [0.25, 0.3) is 0 Å². The van der Waals surface area contributed by atoms with E-state index in [1.807, 2.05) is 223 Å². The number of para-hydroxylation sites is 1. The van der Waals surface area contributed by atoms with Crippen molar-refractivity contribution in [1.82, 2.24) is 0 Å². The van der Waals surface area contributed by atoms with Crippen LogP contribution in [0.2, 0.25) is 0 Å². The number of aryl methyl sites for hydroxylation is 14. The van der Waals surface area contributed by atoms with Crippen molar-refractivity contribution in [2.75, 3.05) is 0 Å². The lowest BCUT2D eigenvalue weighted by Crippen LogP contribution is -2.02. The summed E-state index contributed by atoms with van der Waals surface area (Å²) in [6.45, 7) is 28.3. The van der Waals surface area contributed by atoms with Gasteiger partial charge in [-0.3, -0.25) is 0 Å². The first-order valence-corrected chi connectivity index (χ1v) is 36.8. The Morgan fingerprint density at radius 3 is 0.667 bits per heavy atom. The fourth-order valence-electron chi connectivity index (χ4n) is 9.75. The molecule has 570 valence electrons. The number of rotatable bonds is 12. The molecule has 0 atom stereocenters. The van der Waals surface area contributed by atoms with Gasteiger partial charge in [0.05, 0.1) is 19.6 Å². The first-order chi connectivity index (χ1) is 48.7. The van der Waals surface area contributed by atoms with Crippen molar-refractivity contribution in [3.05, 3.63) is 393 Å². The molecule has 0 radical (unpaired) electrons. The van der Waals surface area contributed by atoms with Gasteiger partial charge in [0.15, 0.2) is 0 Å². The predicted octanol–water partition coefficient (Wildman–Crippen LogP) is 28.8. The van der Waals surface area contributed by atoms with Crippen LogP contribution >= 0.6 is 0 Å². The van der Waals surface area contributed by atoms with Gasteiger partial charge in [-0.2, -0.15) is 0 Å².